The van der Waals surface area contributed by atoms with Gasteiger partial charge in [-0.1, -0.05) is 35.9 Å². The molecule has 0 saturated carbocycles. The van der Waals surface area contributed by atoms with Crippen LogP contribution >= 0.6 is 0 Å². The Bertz CT molecular complexity index is 1230. The molecule has 3 aromatic carbocycles. The van der Waals surface area contributed by atoms with E-state index in [1.165, 1.54) is 36.4 Å². The second-order valence-corrected chi connectivity index (χ2v) is 8.68. The molecular weight excluding hydrogens is 426 g/mol. The van der Waals surface area contributed by atoms with E-state index < -0.39 is 15.9 Å². The molecule has 32 heavy (non-hydrogen) atoms. The van der Waals surface area contributed by atoms with Crippen molar-refractivity contribution in [3.05, 3.63) is 102 Å². The number of para-hydroxylation sites is 1. The fraction of sp³-hybridized carbons (Fsp3) is 0.0833. The van der Waals surface area contributed by atoms with Gasteiger partial charge in [-0.25, -0.2) is 8.42 Å². The van der Waals surface area contributed by atoms with Gasteiger partial charge in [-0.2, -0.15) is 0 Å². The molecule has 0 aliphatic heterocycles. The van der Waals surface area contributed by atoms with E-state index in [1.807, 2.05) is 6.92 Å². The van der Waals surface area contributed by atoms with E-state index in [2.05, 4.69) is 21.9 Å². The number of amides is 2. The van der Waals surface area contributed by atoms with Crippen LogP contribution in [0.4, 0.5) is 11.4 Å². The molecule has 8 heteroatoms. The van der Waals surface area contributed by atoms with Crippen molar-refractivity contribution in [1.29, 1.82) is 0 Å². The maximum Gasteiger partial charge on any atom is 0.261 e. The smallest absolute Gasteiger partial charge is 0.261 e. The van der Waals surface area contributed by atoms with E-state index in [4.69, 9.17) is 0 Å². The Labute approximate surface area is 187 Å². The number of carbonyl (C=O) groups is 2. The topological polar surface area (TPSA) is 104 Å². The SMILES string of the molecule is C=CCNC(=O)c1ccccc1NC(=O)c1ccc(NS(=O)(=O)c2ccc(C)cc2)cc1. The molecule has 7 nitrogen and oxygen atoms in total. The highest BCUT2D eigenvalue weighted by Crippen LogP contribution is 2.19. The van der Waals surface area contributed by atoms with Gasteiger partial charge in [0.2, 0.25) is 0 Å². The van der Waals surface area contributed by atoms with Gasteiger partial charge >= 0.3 is 0 Å². The first kappa shape index (κ1) is 22.8. The van der Waals surface area contributed by atoms with Gasteiger partial charge in [0, 0.05) is 17.8 Å². The third kappa shape index (κ3) is 5.61. The van der Waals surface area contributed by atoms with Gasteiger partial charge in [0.05, 0.1) is 16.1 Å². The molecule has 164 valence electrons. The number of benzene rings is 3. The van der Waals surface area contributed by atoms with Crippen LogP contribution in [0.1, 0.15) is 26.3 Å². The molecule has 0 aliphatic rings. The van der Waals surface area contributed by atoms with Crippen molar-refractivity contribution in [2.45, 2.75) is 11.8 Å². The quantitative estimate of drug-likeness (QED) is 0.453. The average Bonchev–Trinajstić information content (AvgIpc) is 2.78. The van der Waals surface area contributed by atoms with Crippen molar-refractivity contribution < 1.29 is 18.0 Å². The molecular formula is C24H23N3O4S. The normalized spacial score (nSPS) is 10.8. The predicted molar refractivity (Wildman–Crippen MR) is 125 cm³/mol. The van der Waals surface area contributed by atoms with E-state index in [-0.39, 0.29) is 10.8 Å². The molecule has 0 aromatic heterocycles. The fourth-order valence-electron chi connectivity index (χ4n) is 2.87. The van der Waals surface area contributed by atoms with Gasteiger partial charge in [0.15, 0.2) is 0 Å². The Balaban J connectivity index is 1.72. The molecule has 3 aromatic rings. The lowest BCUT2D eigenvalue weighted by molar-refractivity contribution is 0.0959. The minimum Gasteiger partial charge on any atom is -0.349 e. The minimum absolute atomic E-state index is 0.149. The van der Waals surface area contributed by atoms with Crippen molar-refractivity contribution in [2.24, 2.45) is 0 Å². The number of sulfonamides is 1. The van der Waals surface area contributed by atoms with Crippen molar-refractivity contribution in [1.82, 2.24) is 5.32 Å². The third-order valence-electron chi connectivity index (χ3n) is 4.56. The highest BCUT2D eigenvalue weighted by molar-refractivity contribution is 7.92. The largest absolute Gasteiger partial charge is 0.349 e. The van der Waals surface area contributed by atoms with Gasteiger partial charge in [-0.05, 0) is 55.5 Å². The Morgan fingerprint density at radius 1 is 0.906 bits per heavy atom. The molecule has 0 atom stereocenters. The van der Waals surface area contributed by atoms with Crippen LogP contribution in [-0.2, 0) is 10.0 Å². The molecule has 2 amide bonds. The molecule has 0 fully saturated rings. The summed E-state index contributed by atoms with van der Waals surface area (Å²) in [6.45, 7) is 5.74. The van der Waals surface area contributed by atoms with E-state index in [1.54, 1.807) is 42.5 Å². The van der Waals surface area contributed by atoms with Crippen LogP contribution in [0.25, 0.3) is 0 Å². The summed E-state index contributed by atoms with van der Waals surface area (Å²) < 4.78 is 27.5. The number of hydrogen-bond acceptors (Lipinski definition) is 4. The average molecular weight is 450 g/mol. The molecule has 0 radical (unpaired) electrons. The van der Waals surface area contributed by atoms with Crippen molar-refractivity contribution in [3.63, 3.8) is 0 Å². The summed E-state index contributed by atoms with van der Waals surface area (Å²) in [5.74, 6) is -0.761. The Hall–Kier alpha value is -3.91. The second-order valence-electron chi connectivity index (χ2n) is 6.99. The van der Waals surface area contributed by atoms with E-state index >= 15 is 0 Å². The number of rotatable bonds is 8. The van der Waals surface area contributed by atoms with E-state index in [0.29, 0.717) is 29.0 Å². The van der Waals surface area contributed by atoms with Gasteiger partial charge in [0.25, 0.3) is 21.8 Å². The molecule has 0 saturated heterocycles. The first-order chi connectivity index (χ1) is 15.3. The minimum atomic E-state index is -3.74. The molecule has 0 unspecified atom stereocenters. The molecule has 3 rings (SSSR count). The summed E-state index contributed by atoms with van der Waals surface area (Å²) in [6.07, 6.45) is 1.56. The summed E-state index contributed by atoms with van der Waals surface area (Å²) in [6, 6.07) is 19.2. The Kier molecular flexibility index (Phi) is 7.07. The highest BCUT2D eigenvalue weighted by atomic mass is 32.2. The Morgan fingerprint density at radius 3 is 2.22 bits per heavy atom. The van der Waals surface area contributed by atoms with E-state index in [0.717, 1.165) is 5.56 Å². The van der Waals surface area contributed by atoms with Crippen molar-refractivity contribution in [2.75, 3.05) is 16.6 Å². The first-order valence-corrected chi connectivity index (χ1v) is 11.3. The van der Waals surface area contributed by atoms with Crippen LogP contribution < -0.4 is 15.4 Å². The standard InChI is InChI=1S/C24H23N3O4S/c1-3-16-25-24(29)21-6-4-5-7-22(21)26-23(28)18-10-12-19(13-11-18)27-32(30,31)20-14-8-17(2)9-15-20/h3-15,27H,1,16H2,2H3,(H,25,29)(H,26,28). The van der Waals surface area contributed by atoms with Crippen LogP contribution in [0.5, 0.6) is 0 Å². The summed E-state index contributed by atoms with van der Waals surface area (Å²) >= 11 is 0. The van der Waals surface area contributed by atoms with Crippen molar-refractivity contribution >= 4 is 33.2 Å². The van der Waals surface area contributed by atoms with Crippen molar-refractivity contribution in [3.8, 4) is 0 Å². The fourth-order valence-corrected chi connectivity index (χ4v) is 3.92. The van der Waals surface area contributed by atoms with Crippen LogP contribution in [0.2, 0.25) is 0 Å². The molecule has 0 heterocycles. The van der Waals surface area contributed by atoms with Crippen LogP contribution in [0.15, 0.2) is 90.3 Å². The number of anilines is 2. The summed E-state index contributed by atoms with van der Waals surface area (Å²) in [4.78, 5) is 25.1. The number of hydrogen-bond donors (Lipinski definition) is 3. The maximum absolute atomic E-state index is 12.7. The molecule has 0 aliphatic carbocycles. The molecule has 0 spiro atoms. The number of nitrogens with one attached hydrogen (secondary N) is 3. The highest BCUT2D eigenvalue weighted by Gasteiger charge is 2.16. The van der Waals surface area contributed by atoms with Gasteiger partial charge in [-0.15, -0.1) is 6.58 Å². The molecule has 0 bridgehead atoms. The third-order valence-corrected chi connectivity index (χ3v) is 5.95. The predicted octanol–water partition coefficient (Wildman–Crippen LogP) is 3.96. The Morgan fingerprint density at radius 2 is 1.56 bits per heavy atom. The van der Waals surface area contributed by atoms with Crippen LogP contribution in [0, 0.1) is 6.92 Å². The second kappa shape index (κ2) is 9.93. The van der Waals surface area contributed by atoms with Crippen LogP contribution in [0.3, 0.4) is 0 Å². The lowest BCUT2D eigenvalue weighted by Gasteiger charge is -2.12. The summed E-state index contributed by atoms with van der Waals surface area (Å²) in [5, 5.41) is 5.39. The lowest BCUT2D eigenvalue weighted by Crippen LogP contribution is -2.25. The maximum atomic E-state index is 12.7. The lowest BCUT2D eigenvalue weighted by atomic mass is 10.1. The number of carbonyl (C=O) groups excluding carboxylic acids is 2. The zero-order valence-corrected chi connectivity index (χ0v) is 18.3. The first-order valence-electron chi connectivity index (χ1n) is 9.79. The number of aryl methyl sites for hydroxylation is 1. The molecule has 3 N–H and O–H groups in total. The van der Waals surface area contributed by atoms with E-state index in [9.17, 15) is 18.0 Å². The monoisotopic (exact) mass is 449 g/mol. The zero-order chi connectivity index (χ0) is 23.1. The summed E-state index contributed by atoms with van der Waals surface area (Å²) in [7, 11) is -3.74. The summed E-state index contributed by atoms with van der Waals surface area (Å²) in [5.41, 5.74) is 2.28. The zero-order valence-electron chi connectivity index (χ0n) is 17.5. The van der Waals surface area contributed by atoms with Gasteiger partial charge < -0.3 is 10.6 Å². The van der Waals surface area contributed by atoms with Gasteiger partial charge in [-0.3, -0.25) is 14.3 Å². The van der Waals surface area contributed by atoms with Crippen LogP contribution in [-0.4, -0.2) is 26.8 Å². The van der Waals surface area contributed by atoms with Gasteiger partial charge in [0.1, 0.15) is 0 Å².